The molecule has 0 aromatic carbocycles. The summed E-state index contributed by atoms with van der Waals surface area (Å²) in [6.45, 7) is 10.7. The highest BCUT2D eigenvalue weighted by molar-refractivity contribution is 6.04. The lowest BCUT2D eigenvalue weighted by atomic mass is 9.93. The molecule has 8 heteroatoms. The van der Waals surface area contributed by atoms with Gasteiger partial charge in [0.25, 0.3) is 0 Å². The molecule has 0 fully saturated rings. The number of hydrogen-bond donors (Lipinski definition) is 0. The monoisotopic (exact) mass is 506 g/mol. The molecule has 1 aliphatic carbocycles. The summed E-state index contributed by atoms with van der Waals surface area (Å²) >= 11 is 0. The smallest absolute Gasteiger partial charge is 0.338 e. The Morgan fingerprint density at radius 3 is 2.76 bits per heavy atom. The number of fused-ring (bicyclic) bond motifs is 1. The third-order valence-corrected chi connectivity index (χ3v) is 6.16. The lowest BCUT2D eigenvalue weighted by Gasteiger charge is -2.22. The highest BCUT2D eigenvalue weighted by atomic mass is 16.5. The van der Waals surface area contributed by atoms with E-state index in [0.29, 0.717) is 46.4 Å². The van der Waals surface area contributed by atoms with Crippen LogP contribution < -0.4 is 0 Å². The molecule has 2 aromatic heterocycles. The first-order valence-electron chi connectivity index (χ1n) is 12.9. The molecule has 0 amide bonds. The molecule has 0 N–H and O–H groups in total. The van der Waals surface area contributed by atoms with Crippen molar-refractivity contribution in [1.82, 2.24) is 14.8 Å². The maximum Gasteiger partial charge on any atom is 0.338 e. The topological polar surface area (TPSA) is 87.8 Å². The molecular weight excluding hydrogens is 468 g/mol. The zero-order valence-electron chi connectivity index (χ0n) is 22.6. The van der Waals surface area contributed by atoms with Crippen molar-refractivity contribution in [3.05, 3.63) is 65.5 Å². The average molecular weight is 507 g/mol. The van der Waals surface area contributed by atoms with Gasteiger partial charge in [0.1, 0.15) is 17.3 Å². The van der Waals surface area contributed by atoms with Crippen molar-refractivity contribution in [1.29, 1.82) is 0 Å². The van der Waals surface area contributed by atoms with Crippen LogP contribution in [0.5, 0.6) is 0 Å². The third-order valence-electron chi connectivity index (χ3n) is 6.16. The van der Waals surface area contributed by atoms with Gasteiger partial charge >= 0.3 is 5.97 Å². The molecule has 0 radical (unpaired) electrons. The van der Waals surface area contributed by atoms with Gasteiger partial charge in [-0.25, -0.2) is 19.5 Å². The van der Waals surface area contributed by atoms with Crippen molar-refractivity contribution in [2.45, 2.75) is 65.8 Å². The molecule has 0 bridgehead atoms. The molecule has 198 valence electrons. The Morgan fingerprint density at radius 1 is 1.30 bits per heavy atom. The summed E-state index contributed by atoms with van der Waals surface area (Å²) in [4.78, 5) is 21.8. The number of nitrogens with zero attached hydrogens (tertiary/aromatic N) is 4. The van der Waals surface area contributed by atoms with E-state index in [0.717, 1.165) is 50.0 Å². The minimum Gasteiger partial charge on any atom is -0.495 e. The molecule has 1 atom stereocenters. The number of pyridine rings is 1. The van der Waals surface area contributed by atoms with Crippen molar-refractivity contribution in [3.63, 3.8) is 0 Å². The van der Waals surface area contributed by atoms with Crippen LogP contribution in [0, 0.1) is 12.8 Å². The van der Waals surface area contributed by atoms with Crippen LogP contribution in [0.25, 0.3) is 11.0 Å². The van der Waals surface area contributed by atoms with Crippen molar-refractivity contribution in [3.8, 4) is 0 Å². The van der Waals surface area contributed by atoms with Crippen LogP contribution in [-0.4, -0.2) is 41.2 Å². The van der Waals surface area contributed by atoms with Gasteiger partial charge in [-0.1, -0.05) is 32.9 Å². The first-order valence-corrected chi connectivity index (χ1v) is 12.9. The molecule has 3 rings (SSSR count). The molecule has 0 aliphatic heterocycles. The summed E-state index contributed by atoms with van der Waals surface area (Å²) in [6.07, 6.45) is 15.3. The van der Waals surface area contributed by atoms with Gasteiger partial charge in [0.15, 0.2) is 11.5 Å². The van der Waals surface area contributed by atoms with E-state index >= 15 is 0 Å². The first kappa shape index (κ1) is 27.9. The molecule has 2 heterocycles. The van der Waals surface area contributed by atoms with E-state index in [-0.39, 0.29) is 0 Å². The van der Waals surface area contributed by atoms with Gasteiger partial charge in [0.2, 0.25) is 0 Å². The molecule has 2 aromatic rings. The molecular formula is C29H38N4O4. The molecule has 0 spiro atoms. The van der Waals surface area contributed by atoms with Crippen molar-refractivity contribution < 1.29 is 19.0 Å². The fourth-order valence-corrected chi connectivity index (χ4v) is 4.28. The van der Waals surface area contributed by atoms with Gasteiger partial charge in [-0.15, -0.1) is 0 Å². The third kappa shape index (κ3) is 7.41. The van der Waals surface area contributed by atoms with Gasteiger partial charge in [-0.3, -0.25) is 0 Å². The van der Waals surface area contributed by atoms with Gasteiger partial charge in [-0.05, 0) is 62.8 Å². The van der Waals surface area contributed by atoms with Crippen molar-refractivity contribution in [2.75, 3.05) is 14.2 Å². The van der Waals surface area contributed by atoms with Crippen LogP contribution in [0.2, 0.25) is 0 Å². The standard InChI is InChI=1S/C29H38N4O4/c1-7-9-10-12-20(3)37-23-15-13-22(14-16-23)19-33-28-27(21(4)32-33)25(29(34)36-6)17-26(31-28)30-18-24(35-5)11-8-2/h10-12,15,17-18,22H,3,7-9,13-14,16,19H2,1-2,4-6H3/b12-10-,24-11-,30-18+. The number of rotatable bonds is 12. The van der Waals surface area contributed by atoms with Gasteiger partial charge < -0.3 is 14.2 Å². The van der Waals surface area contributed by atoms with Gasteiger partial charge in [-0.2, -0.15) is 5.10 Å². The van der Waals surface area contributed by atoms with Crippen molar-refractivity contribution >= 4 is 29.0 Å². The summed E-state index contributed by atoms with van der Waals surface area (Å²) in [5, 5.41) is 5.42. The largest absolute Gasteiger partial charge is 0.495 e. The number of methoxy groups -OCH3 is 2. The second-order valence-corrected chi connectivity index (χ2v) is 9.03. The van der Waals surface area contributed by atoms with Crippen LogP contribution >= 0.6 is 0 Å². The maximum absolute atomic E-state index is 12.6. The van der Waals surface area contributed by atoms with Gasteiger partial charge in [0, 0.05) is 13.0 Å². The van der Waals surface area contributed by atoms with Crippen LogP contribution in [0.3, 0.4) is 0 Å². The molecule has 1 unspecified atom stereocenters. The predicted octanol–water partition coefficient (Wildman–Crippen LogP) is 6.74. The molecule has 0 saturated carbocycles. The van der Waals surface area contributed by atoms with Crippen LogP contribution in [0.4, 0.5) is 5.82 Å². The number of hydrogen-bond acceptors (Lipinski definition) is 7. The quantitative estimate of drug-likeness (QED) is 0.137. The maximum atomic E-state index is 12.6. The second-order valence-electron chi connectivity index (χ2n) is 9.03. The molecule has 1 aliphatic rings. The number of aliphatic imine (C=N–C) groups is 1. The van der Waals surface area contributed by atoms with Crippen LogP contribution in [0.15, 0.2) is 59.2 Å². The SMILES string of the molecule is C=C(/C=C\CCC)OC1=CCC(Cn2nc(C)c3c(C(=O)OC)cc(/N=C/C(=C/CC)OC)nc32)CC1. The lowest BCUT2D eigenvalue weighted by molar-refractivity contribution is 0.0603. The number of carbonyl (C=O) groups is 1. The summed E-state index contributed by atoms with van der Waals surface area (Å²) in [5.41, 5.74) is 1.74. The molecule has 0 saturated heterocycles. The van der Waals surface area contributed by atoms with E-state index in [1.54, 1.807) is 19.4 Å². The zero-order valence-corrected chi connectivity index (χ0v) is 22.6. The van der Waals surface area contributed by atoms with E-state index in [4.69, 9.17) is 24.3 Å². The van der Waals surface area contributed by atoms with Gasteiger partial charge in [0.05, 0.1) is 37.1 Å². The Labute approximate surface area is 219 Å². The Balaban J connectivity index is 1.85. The number of esters is 1. The number of unbranched alkanes of at least 4 members (excludes halogenated alkanes) is 1. The fraction of sp³-hybridized carbons (Fsp3) is 0.448. The van der Waals surface area contributed by atoms with Crippen LogP contribution in [-0.2, 0) is 20.8 Å². The fourth-order valence-electron chi connectivity index (χ4n) is 4.28. The summed E-state index contributed by atoms with van der Waals surface area (Å²) in [5.74, 6) is 2.57. The number of aryl methyl sites for hydroxylation is 1. The van der Waals surface area contributed by atoms with Crippen LogP contribution in [0.1, 0.15) is 68.4 Å². The first-order chi connectivity index (χ1) is 17.9. The van der Waals surface area contributed by atoms with E-state index in [1.165, 1.54) is 7.11 Å². The Hall–Kier alpha value is -3.68. The predicted molar refractivity (Wildman–Crippen MR) is 147 cm³/mol. The summed E-state index contributed by atoms with van der Waals surface area (Å²) < 4.78 is 18.2. The highest BCUT2D eigenvalue weighted by Gasteiger charge is 2.23. The Bertz CT molecular complexity index is 1240. The van der Waals surface area contributed by atoms with E-state index in [9.17, 15) is 4.79 Å². The van der Waals surface area contributed by atoms with E-state index in [1.807, 2.05) is 30.7 Å². The number of aromatic nitrogens is 3. The lowest BCUT2D eigenvalue weighted by Crippen LogP contribution is -2.15. The zero-order chi connectivity index (χ0) is 26.8. The average Bonchev–Trinajstić information content (AvgIpc) is 3.21. The molecule has 37 heavy (non-hydrogen) atoms. The number of ether oxygens (including phenoxy) is 3. The number of allylic oxidation sites excluding steroid dienone is 6. The number of carbonyl (C=O) groups excluding carboxylic acids is 1. The summed E-state index contributed by atoms with van der Waals surface area (Å²) in [7, 11) is 2.96. The Kier molecular flexibility index (Phi) is 10.2. The minimum absolute atomic E-state index is 0.363. The van der Waals surface area contributed by atoms with E-state index < -0.39 is 5.97 Å². The van der Waals surface area contributed by atoms with Crippen molar-refractivity contribution in [2.24, 2.45) is 10.9 Å². The Morgan fingerprint density at radius 2 is 2.11 bits per heavy atom. The highest BCUT2D eigenvalue weighted by Crippen LogP contribution is 2.30. The minimum atomic E-state index is -0.446. The second kappa shape index (κ2) is 13.6. The summed E-state index contributed by atoms with van der Waals surface area (Å²) in [6, 6.07) is 1.64. The molecule has 8 nitrogen and oxygen atoms in total. The van der Waals surface area contributed by atoms with E-state index in [2.05, 4.69) is 30.6 Å². The normalized spacial score (nSPS) is 16.4.